The van der Waals surface area contributed by atoms with E-state index in [1.807, 2.05) is 0 Å². The molecule has 28 heavy (non-hydrogen) atoms. The van der Waals surface area contributed by atoms with Crippen LogP contribution in [0.2, 0.25) is 0 Å². The maximum absolute atomic E-state index is 13.1. The molecule has 0 aliphatic carbocycles. The smallest absolute Gasteiger partial charge is 0.345 e. The molecule has 0 saturated heterocycles. The fourth-order valence-electron chi connectivity index (χ4n) is 2.90. The number of carbonyl (C=O) groups is 1. The van der Waals surface area contributed by atoms with Crippen LogP contribution in [0.4, 0.5) is 4.39 Å². The topological polar surface area (TPSA) is 87.4 Å². The van der Waals surface area contributed by atoms with Gasteiger partial charge in [0.05, 0.1) is 6.54 Å². The number of nitrogens with one attached hydrogen (secondary N) is 1. The van der Waals surface area contributed by atoms with Gasteiger partial charge in [-0.25, -0.2) is 13.9 Å². The Kier molecular flexibility index (Phi) is 4.56. The zero-order chi connectivity index (χ0) is 19.7. The van der Waals surface area contributed by atoms with Crippen molar-refractivity contribution in [3.63, 3.8) is 0 Å². The minimum atomic E-state index is -0.362. The normalized spacial score (nSPS) is 12.2. The van der Waals surface area contributed by atoms with Gasteiger partial charge in [0.2, 0.25) is 6.79 Å². The first-order valence-corrected chi connectivity index (χ1v) is 8.60. The second-order valence-corrected chi connectivity index (χ2v) is 6.22. The molecule has 0 saturated carbocycles. The number of hydrogen-bond acceptors (Lipinski definition) is 5. The van der Waals surface area contributed by atoms with Gasteiger partial charge in [-0.15, -0.1) is 5.10 Å². The number of benzene rings is 2. The van der Waals surface area contributed by atoms with Gasteiger partial charge in [-0.3, -0.25) is 9.36 Å². The van der Waals surface area contributed by atoms with Crippen LogP contribution in [-0.4, -0.2) is 33.6 Å². The fraction of sp³-hybridized carbons (Fsp3) is 0.211. The fourth-order valence-corrected chi connectivity index (χ4v) is 2.90. The van der Waals surface area contributed by atoms with Crippen molar-refractivity contribution in [3.05, 3.63) is 64.3 Å². The van der Waals surface area contributed by atoms with Crippen molar-refractivity contribution in [2.75, 3.05) is 13.3 Å². The predicted octanol–water partition coefficient (Wildman–Crippen LogP) is 1.55. The summed E-state index contributed by atoms with van der Waals surface area (Å²) in [6.45, 7) is 0.552. The van der Waals surface area contributed by atoms with Crippen molar-refractivity contribution >= 4 is 5.91 Å². The van der Waals surface area contributed by atoms with Gasteiger partial charge in [-0.2, -0.15) is 0 Å². The minimum Gasteiger partial charge on any atom is -0.454 e. The van der Waals surface area contributed by atoms with Crippen molar-refractivity contribution in [1.29, 1.82) is 0 Å². The van der Waals surface area contributed by atoms with Gasteiger partial charge in [0.15, 0.2) is 17.3 Å². The highest BCUT2D eigenvalue weighted by Crippen LogP contribution is 2.32. The molecule has 0 radical (unpaired) electrons. The summed E-state index contributed by atoms with van der Waals surface area (Å²) >= 11 is 0. The van der Waals surface area contributed by atoms with Crippen LogP contribution in [0, 0.1) is 5.82 Å². The summed E-state index contributed by atoms with van der Waals surface area (Å²) < 4.78 is 26.2. The van der Waals surface area contributed by atoms with E-state index in [0.717, 1.165) is 0 Å². The van der Waals surface area contributed by atoms with Crippen LogP contribution in [0.3, 0.4) is 0 Å². The molecular formula is C19H17FN4O4. The van der Waals surface area contributed by atoms with Crippen molar-refractivity contribution in [1.82, 2.24) is 19.7 Å². The first-order valence-electron chi connectivity index (χ1n) is 8.60. The molecule has 2 aromatic carbocycles. The van der Waals surface area contributed by atoms with E-state index in [1.54, 1.807) is 37.4 Å². The number of ether oxygens (including phenoxy) is 2. The standard InChI is InChI=1S/C19H17FN4O4/c1-23-17(12-2-5-14(20)6-3-12)22-24(19(23)26)9-8-21-18(25)13-4-7-15-16(10-13)28-11-27-15/h2-7,10H,8-9,11H2,1H3,(H,21,25). The number of hydrogen-bond donors (Lipinski definition) is 1. The van der Waals surface area contributed by atoms with E-state index < -0.39 is 0 Å². The quantitative estimate of drug-likeness (QED) is 0.721. The SMILES string of the molecule is Cn1c(-c2ccc(F)cc2)nn(CCNC(=O)c2ccc3c(c2)OCO3)c1=O. The van der Waals surface area contributed by atoms with Gasteiger partial charge in [0.1, 0.15) is 5.82 Å². The average Bonchev–Trinajstić information content (AvgIpc) is 3.28. The molecule has 0 spiro atoms. The molecule has 0 bridgehead atoms. The Labute approximate surface area is 159 Å². The Balaban J connectivity index is 1.42. The van der Waals surface area contributed by atoms with Crippen LogP contribution in [-0.2, 0) is 13.6 Å². The molecule has 0 fully saturated rings. The lowest BCUT2D eigenvalue weighted by Crippen LogP contribution is -2.31. The summed E-state index contributed by atoms with van der Waals surface area (Å²) in [5.74, 6) is 0.898. The number of amides is 1. The summed E-state index contributed by atoms with van der Waals surface area (Å²) in [4.78, 5) is 24.6. The summed E-state index contributed by atoms with van der Waals surface area (Å²) in [6, 6.07) is 10.7. The number of carbonyl (C=O) groups excluding carboxylic acids is 1. The van der Waals surface area contributed by atoms with E-state index in [2.05, 4.69) is 10.4 Å². The third-order valence-electron chi connectivity index (χ3n) is 4.39. The lowest BCUT2D eigenvalue weighted by Gasteiger charge is -2.05. The van der Waals surface area contributed by atoms with Gasteiger partial charge in [-0.05, 0) is 42.5 Å². The number of nitrogens with zero attached hydrogens (tertiary/aromatic N) is 3. The number of rotatable bonds is 5. The molecule has 3 aromatic rings. The van der Waals surface area contributed by atoms with Gasteiger partial charge in [-0.1, -0.05) is 0 Å². The number of aromatic nitrogens is 3. The summed E-state index contributed by atoms with van der Waals surface area (Å²) in [5, 5.41) is 7.03. The molecule has 1 aromatic heterocycles. The molecule has 8 nitrogen and oxygen atoms in total. The molecule has 0 unspecified atom stereocenters. The van der Waals surface area contributed by atoms with Crippen LogP contribution in [0.25, 0.3) is 11.4 Å². The van der Waals surface area contributed by atoms with E-state index in [-0.39, 0.29) is 37.3 Å². The molecule has 0 atom stereocenters. The predicted molar refractivity (Wildman–Crippen MR) is 97.8 cm³/mol. The van der Waals surface area contributed by atoms with E-state index >= 15 is 0 Å². The molecule has 1 aliphatic heterocycles. The van der Waals surface area contributed by atoms with Crippen LogP contribution >= 0.6 is 0 Å². The van der Waals surface area contributed by atoms with Crippen LogP contribution in [0.1, 0.15) is 10.4 Å². The highest BCUT2D eigenvalue weighted by molar-refractivity contribution is 5.94. The molecule has 1 aliphatic rings. The van der Waals surface area contributed by atoms with E-state index in [1.165, 1.54) is 21.4 Å². The lowest BCUT2D eigenvalue weighted by molar-refractivity contribution is 0.0951. The second-order valence-electron chi connectivity index (χ2n) is 6.22. The average molecular weight is 384 g/mol. The molecule has 144 valence electrons. The van der Waals surface area contributed by atoms with Crippen molar-refractivity contribution in [3.8, 4) is 22.9 Å². The van der Waals surface area contributed by atoms with Crippen molar-refractivity contribution in [2.24, 2.45) is 7.05 Å². The largest absolute Gasteiger partial charge is 0.454 e. The highest BCUT2D eigenvalue weighted by Gasteiger charge is 2.16. The van der Waals surface area contributed by atoms with Crippen LogP contribution in [0.15, 0.2) is 47.3 Å². The van der Waals surface area contributed by atoms with Crippen molar-refractivity contribution < 1.29 is 18.7 Å². The Bertz CT molecular complexity index is 1090. The van der Waals surface area contributed by atoms with Gasteiger partial charge < -0.3 is 14.8 Å². The van der Waals surface area contributed by atoms with Gasteiger partial charge in [0.25, 0.3) is 5.91 Å². The summed E-state index contributed by atoms with van der Waals surface area (Å²) in [5.41, 5.74) is 0.741. The van der Waals surface area contributed by atoms with Crippen LogP contribution in [0.5, 0.6) is 11.5 Å². The Morgan fingerprint density at radius 1 is 1.18 bits per heavy atom. The van der Waals surface area contributed by atoms with E-state index in [9.17, 15) is 14.0 Å². The van der Waals surface area contributed by atoms with E-state index in [0.29, 0.717) is 28.5 Å². The zero-order valence-electron chi connectivity index (χ0n) is 15.0. The third kappa shape index (κ3) is 3.34. The maximum Gasteiger partial charge on any atom is 0.345 e. The molecule has 1 N–H and O–H groups in total. The van der Waals surface area contributed by atoms with Crippen molar-refractivity contribution in [2.45, 2.75) is 6.54 Å². The van der Waals surface area contributed by atoms with Crippen LogP contribution < -0.4 is 20.5 Å². The molecule has 9 heteroatoms. The second kappa shape index (κ2) is 7.18. The third-order valence-corrected chi connectivity index (χ3v) is 4.39. The molecular weight excluding hydrogens is 367 g/mol. The first kappa shape index (κ1) is 17.8. The Morgan fingerprint density at radius 3 is 2.71 bits per heavy atom. The Hall–Kier alpha value is -3.62. The minimum absolute atomic E-state index is 0.138. The maximum atomic E-state index is 13.1. The number of fused-ring (bicyclic) bond motifs is 1. The zero-order valence-corrected chi connectivity index (χ0v) is 15.0. The molecule has 4 rings (SSSR count). The lowest BCUT2D eigenvalue weighted by atomic mass is 10.2. The van der Waals surface area contributed by atoms with Gasteiger partial charge >= 0.3 is 5.69 Å². The summed E-state index contributed by atoms with van der Waals surface area (Å²) in [6.07, 6.45) is 0. The summed E-state index contributed by atoms with van der Waals surface area (Å²) in [7, 11) is 1.59. The highest BCUT2D eigenvalue weighted by atomic mass is 19.1. The van der Waals surface area contributed by atoms with Gasteiger partial charge in [0, 0.05) is 24.7 Å². The molecule has 1 amide bonds. The number of halogens is 1. The first-order chi connectivity index (χ1) is 13.5. The Morgan fingerprint density at radius 2 is 1.93 bits per heavy atom. The van der Waals surface area contributed by atoms with E-state index in [4.69, 9.17) is 9.47 Å². The monoisotopic (exact) mass is 384 g/mol. The molecule has 2 heterocycles.